The molecule has 0 aliphatic heterocycles. The molecule has 0 unspecified atom stereocenters. The summed E-state index contributed by atoms with van der Waals surface area (Å²) in [6.07, 6.45) is 4.82. The number of hydrogen-bond acceptors (Lipinski definition) is 3. The van der Waals surface area contributed by atoms with Gasteiger partial charge in [0.25, 0.3) is 0 Å². The van der Waals surface area contributed by atoms with E-state index >= 15 is 0 Å². The van der Waals surface area contributed by atoms with Gasteiger partial charge in [-0.1, -0.05) is 19.4 Å². The normalized spacial score (nSPS) is 10.6. The quantitative estimate of drug-likeness (QED) is 0.417. The minimum absolute atomic E-state index is 0.141. The van der Waals surface area contributed by atoms with Crippen LogP contribution >= 0.6 is 0 Å². The topological polar surface area (TPSA) is 79.0 Å². The molecule has 1 rings (SSSR count). The highest BCUT2D eigenvalue weighted by Crippen LogP contribution is 2.17. The molecule has 0 aliphatic rings. The average Bonchev–Trinajstić information content (AvgIpc) is 2.37. The molecule has 19 heavy (non-hydrogen) atoms. The smallest absolute Gasteiger partial charge is 0.243 e. The lowest BCUT2D eigenvalue weighted by Gasteiger charge is -2.08. The Labute approximate surface area is 114 Å². The van der Waals surface area contributed by atoms with Gasteiger partial charge in [0.2, 0.25) is 5.91 Å². The molecule has 0 aromatic heterocycles. The van der Waals surface area contributed by atoms with Crippen LogP contribution < -0.4 is 11.1 Å². The van der Waals surface area contributed by atoms with E-state index in [0.717, 1.165) is 17.5 Å². The van der Waals surface area contributed by atoms with Gasteiger partial charge in [-0.25, -0.2) is 0 Å². The number of likely N-dealkylation sites (N-methyl/N-ethyl adjacent to an activating group) is 1. The average molecular weight is 259 g/mol. The number of nitrogen functional groups attached to an aromatic ring is 1. The second-order valence-electron chi connectivity index (χ2n) is 4.30. The molecular weight excluding hydrogens is 238 g/mol. The fourth-order valence-corrected chi connectivity index (χ4v) is 1.78. The Bertz CT molecular complexity index is 492. The summed E-state index contributed by atoms with van der Waals surface area (Å²) in [5.74, 6) is -0.141. The van der Waals surface area contributed by atoms with E-state index in [4.69, 9.17) is 11.1 Å². The highest BCUT2D eigenvalue weighted by Gasteiger charge is 2.06. The van der Waals surface area contributed by atoms with Crippen molar-refractivity contribution in [1.82, 2.24) is 5.32 Å². The van der Waals surface area contributed by atoms with E-state index in [-0.39, 0.29) is 5.91 Å². The lowest BCUT2D eigenvalue weighted by Crippen LogP contribution is -2.19. The largest absolute Gasteiger partial charge is 0.399 e. The predicted octanol–water partition coefficient (Wildman–Crippen LogP) is 2.59. The Hall–Kier alpha value is -2.10. The van der Waals surface area contributed by atoms with Crippen molar-refractivity contribution >= 4 is 23.4 Å². The van der Waals surface area contributed by atoms with E-state index in [0.29, 0.717) is 24.4 Å². The van der Waals surface area contributed by atoms with Gasteiger partial charge in [-0.3, -0.25) is 4.79 Å². The van der Waals surface area contributed by atoms with E-state index in [1.54, 1.807) is 18.2 Å². The zero-order valence-corrected chi connectivity index (χ0v) is 11.5. The number of carbonyl (C=O) groups is 1. The molecule has 0 heterocycles. The van der Waals surface area contributed by atoms with Crippen LogP contribution in [0.2, 0.25) is 0 Å². The van der Waals surface area contributed by atoms with Crippen molar-refractivity contribution in [2.75, 3.05) is 12.3 Å². The summed E-state index contributed by atoms with van der Waals surface area (Å²) < 4.78 is 0. The first-order valence-electron chi connectivity index (χ1n) is 6.51. The van der Waals surface area contributed by atoms with E-state index in [2.05, 4.69) is 5.32 Å². The zero-order chi connectivity index (χ0) is 14.3. The van der Waals surface area contributed by atoms with E-state index in [1.165, 1.54) is 6.08 Å². The maximum atomic E-state index is 11.4. The molecule has 4 heteroatoms. The van der Waals surface area contributed by atoms with Gasteiger partial charge in [0.15, 0.2) is 0 Å². The lowest BCUT2D eigenvalue weighted by atomic mass is 9.99. The van der Waals surface area contributed by atoms with Crippen molar-refractivity contribution in [2.45, 2.75) is 26.7 Å². The molecule has 0 saturated heterocycles. The first-order valence-corrected chi connectivity index (χ1v) is 6.51. The number of anilines is 1. The number of nitrogens with two attached hydrogens (primary N) is 1. The summed E-state index contributed by atoms with van der Waals surface area (Å²) in [6, 6.07) is 5.41. The summed E-state index contributed by atoms with van der Waals surface area (Å²) in [6.45, 7) is 4.50. The monoisotopic (exact) mass is 259 g/mol. The van der Waals surface area contributed by atoms with Crippen molar-refractivity contribution in [3.05, 3.63) is 35.4 Å². The Kier molecular flexibility index (Phi) is 5.79. The van der Waals surface area contributed by atoms with Gasteiger partial charge in [-0.05, 0) is 37.1 Å². The van der Waals surface area contributed by atoms with Crippen LogP contribution in [0.4, 0.5) is 5.69 Å². The van der Waals surface area contributed by atoms with Crippen molar-refractivity contribution < 1.29 is 4.79 Å². The maximum Gasteiger partial charge on any atom is 0.243 e. The fraction of sp³-hybridized carbons (Fsp3) is 0.333. The number of amides is 1. The number of hydrogen-bond donors (Lipinski definition) is 3. The molecule has 1 aromatic rings. The lowest BCUT2D eigenvalue weighted by molar-refractivity contribution is -0.116. The van der Waals surface area contributed by atoms with Crippen LogP contribution in [0.1, 0.15) is 37.8 Å². The van der Waals surface area contributed by atoms with Crippen LogP contribution in [-0.4, -0.2) is 18.2 Å². The molecule has 0 fully saturated rings. The van der Waals surface area contributed by atoms with Gasteiger partial charge in [-0.15, -0.1) is 0 Å². The third-order valence-corrected chi connectivity index (χ3v) is 2.67. The number of carbonyl (C=O) groups excluding carboxylic acids is 1. The number of benzene rings is 1. The minimum atomic E-state index is -0.141. The van der Waals surface area contributed by atoms with Gasteiger partial charge in [-0.2, -0.15) is 0 Å². The molecule has 4 N–H and O–H groups in total. The molecule has 0 aliphatic carbocycles. The molecule has 102 valence electrons. The van der Waals surface area contributed by atoms with Crippen molar-refractivity contribution in [3.8, 4) is 0 Å². The van der Waals surface area contributed by atoms with Crippen LogP contribution in [0.5, 0.6) is 0 Å². The van der Waals surface area contributed by atoms with Gasteiger partial charge < -0.3 is 16.5 Å². The van der Waals surface area contributed by atoms with E-state index < -0.39 is 0 Å². The summed E-state index contributed by atoms with van der Waals surface area (Å²) in [4.78, 5) is 11.4. The minimum Gasteiger partial charge on any atom is -0.399 e. The van der Waals surface area contributed by atoms with Crippen LogP contribution in [0.25, 0.3) is 6.08 Å². The SMILES string of the molecule is CCCC(=N)c1ccc(N)cc1C=CC(=O)NCC. The first-order chi connectivity index (χ1) is 9.08. The number of nitrogens with one attached hydrogen (secondary N) is 2. The first kappa shape index (κ1) is 15.0. The summed E-state index contributed by atoms with van der Waals surface area (Å²) in [7, 11) is 0. The maximum absolute atomic E-state index is 11.4. The van der Waals surface area contributed by atoms with Gasteiger partial charge in [0, 0.05) is 29.6 Å². The molecular formula is C15H21N3O. The predicted molar refractivity (Wildman–Crippen MR) is 80.3 cm³/mol. The molecule has 1 amide bonds. The van der Waals surface area contributed by atoms with Gasteiger partial charge in [0.1, 0.15) is 0 Å². The second kappa shape index (κ2) is 7.36. The Morgan fingerprint density at radius 2 is 2.16 bits per heavy atom. The number of rotatable bonds is 6. The van der Waals surface area contributed by atoms with E-state index in [9.17, 15) is 4.79 Å². The molecule has 1 aromatic carbocycles. The van der Waals surface area contributed by atoms with E-state index in [1.807, 2.05) is 19.9 Å². The van der Waals surface area contributed by atoms with Crippen molar-refractivity contribution in [2.24, 2.45) is 0 Å². The second-order valence-corrected chi connectivity index (χ2v) is 4.30. The Morgan fingerprint density at radius 3 is 2.79 bits per heavy atom. The highest BCUT2D eigenvalue weighted by atomic mass is 16.1. The molecule has 0 saturated carbocycles. The van der Waals surface area contributed by atoms with Crippen LogP contribution in [0.3, 0.4) is 0 Å². The fourth-order valence-electron chi connectivity index (χ4n) is 1.78. The van der Waals surface area contributed by atoms with Crippen molar-refractivity contribution in [3.63, 3.8) is 0 Å². The summed E-state index contributed by atoms with van der Waals surface area (Å²) in [5.41, 5.74) is 8.60. The summed E-state index contributed by atoms with van der Waals surface area (Å²) >= 11 is 0. The zero-order valence-electron chi connectivity index (χ0n) is 11.5. The molecule has 0 radical (unpaired) electrons. The van der Waals surface area contributed by atoms with Gasteiger partial charge >= 0.3 is 0 Å². The van der Waals surface area contributed by atoms with Crippen LogP contribution in [-0.2, 0) is 4.79 Å². The molecule has 0 bridgehead atoms. The molecule has 4 nitrogen and oxygen atoms in total. The van der Waals surface area contributed by atoms with Crippen LogP contribution in [0.15, 0.2) is 24.3 Å². The Morgan fingerprint density at radius 1 is 1.42 bits per heavy atom. The van der Waals surface area contributed by atoms with Crippen molar-refractivity contribution in [1.29, 1.82) is 5.41 Å². The third kappa shape index (κ3) is 4.58. The Balaban J connectivity index is 3.00. The standard InChI is InChI=1S/C15H21N3O/c1-3-5-14(17)13-8-7-12(16)10-11(13)6-9-15(19)18-4-2/h6-10,17H,3-5,16H2,1-2H3,(H,18,19). The third-order valence-electron chi connectivity index (χ3n) is 2.67. The highest BCUT2D eigenvalue weighted by molar-refractivity contribution is 6.03. The molecule has 0 atom stereocenters. The summed E-state index contributed by atoms with van der Waals surface area (Å²) in [5, 5.41) is 10.7. The van der Waals surface area contributed by atoms with Gasteiger partial charge in [0.05, 0.1) is 0 Å². The van der Waals surface area contributed by atoms with Crippen LogP contribution in [0, 0.1) is 5.41 Å². The molecule has 0 spiro atoms.